The van der Waals surface area contributed by atoms with Gasteiger partial charge in [0.15, 0.2) is 16.7 Å². The van der Waals surface area contributed by atoms with E-state index in [0.29, 0.717) is 25.8 Å². The first kappa shape index (κ1) is 17.9. The molecule has 0 bridgehead atoms. The number of halogens is 2. The molecule has 1 amide bonds. The van der Waals surface area contributed by atoms with Gasteiger partial charge in [-0.2, -0.15) is 0 Å². The number of H-pyrrole nitrogens is 1. The van der Waals surface area contributed by atoms with E-state index < -0.39 is 5.56 Å². The van der Waals surface area contributed by atoms with Crippen molar-refractivity contribution in [1.82, 2.24) is 20.3 Å². The molecule has 0 aromatic carbocycles. The van der Waals surface area contributed by atoms with E-state index in [1.807, 2.05) is 0 Å². The number of rotatable bonds is 5. The molecule has 130 valence electrons. The smallest absolute Gasteiger partial charge is 0.278 e. The predicted octanol–water partition coefficient (Wildman–Crippen LogP) is 3.23. The average molecular weight is 418 g/mol. The Bertz CT molecular complexity index is 984. The van der Waals surface area contributed by atoms with Gasteiger partial charge >= 0.3 is 0 Å². The van der Waals surface area contributed by atoms with E-state index in [9.17, 15) is 9.59 Å². The standard InChI is InChI=1S/C13H9Cl2N5O3S2/c1-5-2-8(20-23-5)16-9(21)4-24-13-17-12(22)10(18-19-13)6-3-7(14)25-11(6)15/h2-3H,4H2,1H3,(H,16,20,21)(H,17,19,22). The number of carbonyl (C=O) groups is 1. The minimum atomic E-state index is -0.471. The van der Waals surface area contributed by atoms with Gasteiger partial charge in [-0.25, -0.2) is 0 Å². The van der Waals surface area contributed by atoms with Crippen molar-refractivity contribution in [2.24, 2.45) is 0 Å². The number of hydrogen-bond donors (Lipinski definition) is 2. The van der Waals surface area contributed by atoms with E-state index in [1.165, 1.54) is 0 Å². The zero-order valence-electron chi connectivity index (χ0n) is 12.5. The van der Waals surface area contributed by atoms with Crippen LogP contribution in [0.4, 0.5) is 5.82 Å². The van der Waals surface area contributed by atoms with Gasteiger partial charge in [0.2, 0.25) is 5.91 Å². The Labute approximate surface area is 158 Å². The molecule has 2 N–H and O–H groups in total. The summed E-state index contributed by atoms with van der Waals surface area (Å²) in [6.07, 6.45) is 0. The first-order valence-corrected chi connectivity index (χ1v) is 9.26. The van der Waals surface area contributed by atoms with Gasteiger partial charge in [-0.05, 0) is 13.0 Å². The van der Waals surface area contributed by atoms with Crippen LogP contribution >= 0.6 is 46.3 Å². The molecule has 0 aliphatic rings. The Morgan fingerprint density at radius 1 is 1.40 bits per heavy atom. The second-order valence-electron chi connectivity index (χ2n) is 4.71. The second-order valence-corrected chi connectivity index (χ2v) is 7.96. The second kappa shape index (κ2) is 7.56. The van der Waals surface area contributed by atoms with Crippen molar-refractivity contribution in [3.8, 4) is 11.3 Å². The average Bonchev–Trinajstić information content (AvgIpc) is 3.10. The van der Waals surface area contributed by atoms with Crippen LogP contribution < -0.4 is 10.9 Å². The number of hydrogen-bond acceptors (Lipinski definition) is 8. The summed E-state index contributed by atoms with van der Waals surface area (Å²) in [4.78, 5) is 26.5. The highest BCUT2D eigenvalue weighted by molar-refractivity contribution is 7.99. The molecule has 3 aromatic heterocycles. The summed E-state index contributed by atoms with van der Waals surface area (Å²) in [6, 6.07) is 3.14. The summed E-state index contributed by atoms with van der Waals surface area (Å²) in [5, 5.41) is 14.2. The first-order chi connectivity index (χ1) is 11.9. The molecule has 3 heterocycles. The first-order valence-electron chi connectivity index (χ1n) is 6.70. The van der Waals surface area contributed by atoms with Crippen LogP contribution in [-0.4, -0.2) is 32.0 Å². The van der Waals surface area contributed by atoms with E-state index in [0.717, 1.165) is 23.1 Å². The van der Waals surface area contributed by atoms with Gasteiger partial charge < -0.3 is 9.84 Å². The summed E-state index contributed by atoms with van der Waals surface area (Å²) in [5.74, 6) is 0.599. The lowest BCUT2D eigenvalue weighted by atomic mass is 10.2. The number of aryl methyl sites for hydroxylation is 1. The number of nitrogens with zero attached hydrogens (tertiary/aromatic N) is 3. The minimum absolute atomic E-state index is 0.0148. The van der Waals surface area contributed by atoms with E-state index in [1.54, 1.807) is 19.1 Å². The molecule has 0 saturated heterocycles. The van der Waals surface area contributed by atoms with Crippen LogP contribution in [-0.2, 0) is 4.79 Å². The lowest BCUT2D eigenvalue weighted by Crippen LogP contribution is -2.17. The minimum Gasteiger partial charge on any atom is -0.360 e. The van der Waals surface area contributed by atoms with Crippen molar-refractivity contribution in [3.63, 3.8) is 0 Å². The summed E-state index contributed by atoms with van der Waals surface area (Å²) in [6.45, 7) is 1.71. The van der Waals surface area contributed by atoms with Crippen LogP contribution in [0.2, 0.25) is 8.67 Å². The number of nitrogens with one attached hydrogen (secondary N) is 2. The SMILES string of the molecule is Cc1cc(NC(=O)CSc2nnc(-c3cc(Cl)sc3Cl)c(=O)[nH]2)no1. The van der Waals surface area contributed by atoms with E-state index in [4.69, 9.17) is 27.7 Å². The maximum absolute atomic E-state index is 12.1. The maximum Gasteiger partial charge on any atom is 0.278 e. The molecule has 0 atom stereocenters. The summed E-state index contributed by atoms with van der Waals surface area (Å²) < 4.78 is 5.65. The molecular formula is C13H9Cl2N5O3S2. The third-order valence-electron chi connectivity index (χ3n) is 2.82. The number of amides is 1. The molecule has 8 nitrogen and oxygen atoms in total. The molecule has 0 spiro atoms. The molecule has 3 rings (SSSR count). The quantitative estimate of drug-likeness (QED) is 0.612. The van der Waals surface area contributed by atoms with Gasteiger partial charge in [-0.3, -0.25) is 14.6 Å². The molecule has 25 heavy (non-hydrogen) atoms. The van der Waals surface area contributed by atoms with Crippen molar-refractivity contribution < 1.29 is 9.32 Å². The Morgan fingerprint density at radius 2 is 2.20 bits per heavy atom. The van der Waals surface area contributed by atoms with Crippen LogP contribution in [0.5, 0.6) is 0 Å². The monoisotopic (exact) mass is 417 g/mol. The topological polar surface area (TPSA) is 114 Å². The lowest BCUT2D eigenvalue weighted by molar-refractivity contribution is -0.113. The number of aromatic amines is 1. The molecule has 0 saturated carbocycles. The van der Waals surface area contributed by atoms with Crippen LogP contribution in [0, 0.1) is 6.92 Å². The Balaban J connectivity index is 1.66. The van der Waals surface area contributed by atoms with Gasteiger partial charge in [-0.15, -0.1) is 21.5 Å². The molecular weight excluding hydrogens is 409 g/mol. The molecule has 0 unspecified atom stereocenters. The zero-order chi connectivity index (χ0) is 18.0. The molecule has 0 aliphatic carbocycles. The summed E-state index contributed by atoms with van der Waals surface area (Å²) in [5.41, 5.74) is 0.0162. The maximum atomic E-state index is 12.1. The Morgan fingerprint density at radius 3 is 2.80 bits per heavy atom. The number of anilines is 1. The summed E-state index contributed by atoms with van der Waals surface area (Å²) in [7, 11) is 0. The lowest BCUT2D eigenvalue weighted by Gasteiger charge is -2.02. The van der Waals surface area contributed by atoms with Gasteiger partial charge in [-0.1, -0.05) is 40.1 Å². The van der Waals surface area contributed by atoms with Gasteiger partial charge in [0.05, 0.1) is 10.1 Å². The fourth-order valence-corrected chi connectivity index (χ4v) is 3.87. The summed E-state index contributed by atoms with van der Waals surface area (Å²) >= 11 is 14.0. The third kappa shape index (κ3) is 4.40. The fraction of sp³-hybridized carbons (Fsp3) is 0.154. The predicted molar refractivity (Wildman–Crippen MR) is 96.6 cm³/mol. The largest absolute Gasteiger partial charge is 0.360 e. The van der Waals surface area contributed by atoms with Crippen molar-refractivity contribution in [3.05, 3.63) is 36.9 Å². The highest BCUT2D eigenvalue weighted by Crippen LogP contribution is 2.35. The normalized spacial score (nSPS) is 10.8. The number of thioether (sulfide) groups is 1. The highest BCUT2D eigenvalue weighted by Gasteiger charge is 2.15. The van der Waals surface area contributed by atoms with E-state index >= 15 is 0 Å². The van der Waals surface area contributed by atoms with Gasteiger partial charge in [0.1, 0.15) is 10.1 Å². The van der Waals surface area contributed by atoms with Crippen molar-refractivity contribution >= 4 is 58.0 Å². The molecule has 0 fully saturated rings. The third-order valence-corrected chi connectivity index (χ3v) is 5.17. The Kier molecular flexibility index (Phi) is 5.42. The van der Waals surface area contributed by atoms with Gasteiger partial charge in [0, 0.05) is 11.6 Å². The number of carbonyl (C=O) groups excluding carboxylic acids is 1. The van der Waals surface area contributed by atoms with Crippen LogP contribution in [0.15, 0.2) is 26.6 Å². The fourth-order valence-electron chi connectivity index (χ4n) is 1.80. The highest BCUT2D eigenvalue weighted by atomic mass is 35.5. The van der Waals surface area contributed by atoms with Crippen LogP contribution in [0.25, 0.3) is 11.3 Å². The Hall–Kier alpha value is -1.88. The number of aromatic nitrogens is 4. The van der Waals surface area contributed by atoms with E-state index in [-0.39, 0.29) is 22.5 Å². The molecule has 0 aliphatic heterocycles. The van der Waals surface area contributed by atoms with Crippen LogP contribution in [0.3, 0.4) is 0 Å². The van der Waals surface area contributed by atoms with Crippen molar-refractivity contribution in [2.75, 3.05) is 11.1 Å². The number of thiophene rings is 1. The van der Waals surface area contributed by atoms with Gasteiger partial charge in [0.25, 0.3) is 5.56 Å². The molecule has 12 heteroatoms. The van der Waals surface area contributed by atoms with E-state index in [2.05, 4.69) is 25.7 Å². The van der Waals surface area contributed by atoms with Crippen LogP contribution in [0.1, 0.15) is 5.76 Å². The van der Waals surface area contributed by atoms with Crippen molar-refractivity contribution in [1.29, 1.82) is 0 Å². The van der Waals surface area contributed by atoms with Crippen molar-refractivity contribution in [2.45, 2.75) is 12.1 Å². The molecule has 3 aromatic rings. The molecule has 0 radical (unpaired) electrons. The zero-order valence-corrected chi connectivity index (χ0v) is 15.6.